The van der Waals surface area contributed by atoms with Crippen LogP contribution in [0.5, 0.6) is 0 Å². The van der Waals surface area contributed by atoms with Gasteiger partial charge in [0, 0.05) is 31.5 Å². The number of thioether (sulfide) groups is 1. The number of pyridine rings is 1. The molecule has 0 saturated heterocycles. The maximum Gasteiger partial charge on any atom is 0.191 e. The summed E-state index contributed by atoms with van der Waals surface area (Å²) in [4.78, 5) is 4.52. The Kier molecular flexibility index (Phi) is 6.33. The molecule has 0 aliphatic heterocycles. The molecule has 114 valence electrons. The van der Waals surface area contributed by atoms with E-state index in [0.29, 0.717) is 0 Å². The quantitative estimate of drug-likeness (QED) is 0.457. The predicted molar refractivity (Wildman–Crippen MR) is 89.1 cm³/mol. The summed E-state index contributed by atoms with van der Waals surface area (Å²) in [6.45, 7) is 4.53. The van der Waals surface area contributed by atoms with Crippen molar-refractivity contribution in [2.45, 2.75) is 13.3 Å². The zero-order valence-electron chi connectivity index (χ0n) is 12.5. The summed E-state index contributed by atoms with van der Waals surface area (Å²) in [6, 6.07) is 5.91. The van der Waals surface area contributed by atoms with Crippen molar-refractivity contribution < 1.29 is 0 Å². The van der Waals surface area contributed by atoms with E-state index < -0.39 is 0 Å². The fourth-order valence-electron chi connectivity index (χ4n) is 1.94. The highest BCUT2D eigenvalue weighted by Gasteiger charge is 2.04. The molecule has 0 aliphatic rings. The van der Waals surface area contributed by atoms with Gasteiger partial charge in [-0.15, -0.1) is 10.2 Å². The molecule has 0 fully saturated rings. The molecule has 0 spiro atoms. The Hall–Kier alpha value is -1.76. The smallest absolute Gasteiger partial charge is 0.191 e. The number of nitrogens with one attached hydrogen (secondary N) is 2. The largest absolute Gasteiger partial charge is 0.357 e. The molecule has 2 N–H and O–H groups in total. The van der Waals surface area contributed by atoms with Crippen LogP contribution in [0.25, 0.3) is 5.65 Å². The number of hydrogen-bond donors (Lipinski definition) is 2. The van der Waals surface area contributed by atoms with Crippen molar-refractivity contribution in [3.05, 3.63) is 30.2 Å². The molecule has 7 heteroatoms. The first kappa shape index (κ1) is 15.6. The summed E-state index contributed by atoms with van der Waals surface area (Å²) in [5.74, 6) is 2.85. The van der Waals surface area contributed by atoms with Gasteiger partial charge in [-0.05, 0) is 25.3 Å². The Bertz CT molecular complexity index is 580. The van der Waals surface area contributed by atoms with E-state index in [1.165, 1.54) is 0 Å². The van der Waals surface area contributed by atoms with Crippen molar-refractivity contribution in [1.29, 1.82) is 0 Å². The Morgan fingerprint density at radius 3 is 3.05 bits per heavy atom. The first-order chi connectivity index (χ1) is 10.3. The molecule has 2 rings (SSSR count). The molecule has 0 bridgehead atoms. The molecule has 0 aromatic carbocycles. The van der Waals surface area contributed by atoms with Crippen LogP contribution in [-0.4, -0.2) is 52.2 Å². The van der Waals surface area contributed by atoms with Gasteiger partial charge in [0.15, 0.2) is 11.6 Å². The van der Waals surface area contributed by atoms with Crippen molar-refractivity contribution >= 4 is 23.4 Å². The van der Waals surface area contributed by atoms with Crippen molar-refractivity contribution in [3.8, 4) is 0 Å². The van der Waals surface area contributed by atoms with Gasteiger partial charge >= 0.3 is 0 Å². The van der Waals surface area contributed by atoms with Crippen LogP contribution in [0.3, 0.4) is 0 Å². The van der Waals surface area contributed by atoms with E-state index in [4.69, 9.17) is 0 Å². The van der Waals surface area contributed by atoms with Gasteiger partial charge in [0.2, 0.25) is 0 Å². The van der Waals surface area contributed by atoms with E-state index in [1.54, 1.807) is 11.8 Å². The van der Waals surface area contributed by atoms with Gasteiger partial charge in [-0.2, -0.15) is 11.8 Å². The molecule has 6 nitrogen and oxygen atoms in total. The van der Waals surface area contributed by atoms with E-state index in [1.807, 2.05) is 28.8 Å². The second-order valence-electron chi connectivity index (χ2n) is 4.48. The molecule has 0 amide bonds. The Morgan fingerprint density at radius 1 is 1.33 bits per heavy atom. The minimum Gasteiger partial charge on any atom is -0.357 e. The van der Waals surface area contributed by atoms with Gasteiger partial charge in [0.1, 0.15) is 5.82 Å². The maximum absolute atomic E-state index is 4.52. The molecule has 2 aromatic heterocycles. The average Bonchev–Trinajstić information content (AvgIpc) is 2.91. The minimum atomic E-state index is 0.779. The summed E-state index contributed by atoms with van der Waals surface area (Å²) >= 11 is 1.80. The molecule has 21 heavy (non-hydrogen) atoms. The molecule has 0 atom stereocenters. The number of hydrogen-bond acceptors (Lipinski definition) is 4. The fraction of sp³-hybridized carbons (Fsp3) is 0.500. The van der Waals surface area contributed by atoms with E-state index in [0.717, 1.165) is 49.2 Å². The molecular formula is C14H22N6S. The van der Waals surface area contributed by atoms with Crippen LogP contribution < -0.4 is 10.6 Å². The molecular weight excluding hydrogens is 284 g/mol. The van der Waals surface area contributed by atoms with Crippen LogP contribution in [0, 0.1) is 0 Å². The number of nitrogens with zero attached hydrogens (tertiary/aromatic N) is 4. The molecule has 0 unspecified atom stereocenters. The van der Waals surface area contributed by atoms with Gasteiger partial charge in [-0.3, -0.25) is 9.39 Å². The topological polar surface area (TPSA) is 66.6 Å². The lowest BCUT2D eigenvalue weighted by molar-refractivity contribution is 0.765. The van der Waals surface area contributed by atoms with Crippen molar-refractivity contribution in [1.82, 2.24) is 25.2 Å². The zero-order chi connectivity index (χ0) is 14.9. The highest BCUT2D eigenvalue weighted by molar-refractivity contribution is 7.98. The number of guanidine groups is 1. The highest BCUT2D eigenvalue weighted by atomic mass is 32.2. The Labute approximate surface area is 129 Å². The summed E-state index contributed by atoms with van der Waals surface area (Å²) in [7, 11) is 0. The predicted octanol–water partition coefficient (Wildman–Crippen LogP) is 1.19. The van der Waals surface area contributed by atoms with Gasteiger partial charge in [-0.1, -0.05) is 6.07 Å². The molecule has 2 aromatic rings. The summed E-state index contributed by atoms with van der Waals surface area (Å²) in [5, 5.41) is 14.9. The normalized spacial score (nSPS) is 11.8. The van der Waals surface area contributed by atoms with E-state index in [2.05, 4.69) is 39.0 Å². The Balaban J connectivity index is 1.88. The van der Waals surface area contributed by atoms with Crippen LogP contribution in [0.4, 0.5) is 0 Å². The average molecular weight is 306 g/mol. The third kappa shape index (κ3) is 4.63. The van der Waals surface area contributed by atoms with Gasteiger partial charge in [-0.25, -0.2) is 0 Å². The molecule has 0 radical (unpaired) electrons. The first-order valence-electron chi connectivity index (χ1n) is 7.15. The van der Waals surface area contributed by atoms with Crippen LogP contribution in [0.2, 0.25) is 0 Å². The SMILES string of the molecule is CCNC(=NCCSC)NCCc1nnc2ccccn12. The van der Waals surface area contributed by atoms with Gasteiger partial charge in [0.05, 0.1) is 6.54 Å². The number of aromatic nitrogens is 3. The molecule has 2 heterocycles. The molecule has 0 aliphatic carbocycles. The lowest BCUT2D eigenvalue weighted by Crippen LogP contribution is -2.38. The monoisotopic (exact) mass is 306 g/mol. The number of rotatable bonds is 7. The fourth-order valence-corrected chi connectivity index (χ4v) is 2.22. The summed E-state index contributed by atoms with van der Waals surface area (Å²) < 4.78 is 2.01. The standard InChI is InChI=1S/C14H22N6S/c1-3-15-14(17-9-11-21-2)16-8-7-13-19-18-12-6-4-5-10-20(12)13/h4-6,10H,3,7-9,11H2,1-2H3,(H2,15,16,17). The minimum absolute atomic E-state index is 0.779. The van der Waals surface area contributed by atoms with E-state index >= 15 is 0 Å². The second-order valence-corrected chi connectivity index (χ2v) is 5.46. The van der Waals surface area contributed by atoms with Crippen LogP contribution in [0.1, 0.15) is 12.7 Å². The van der Waals surface area contributed by atoms with Gasteiger partial charge in [0.25, 0.3) is 0 Å². The third-order valence-corrected chi connectivity index (χ3v) is 3.53. The highest BCUT2D eigenvalue weighted by Crippen LogP contribution is 2.02. The first-order valence-corrected chi connectivity index (χ1v) is 8.54. The van der Waals surface area contributed by atoms with Crippen molar-refractivity contribution in [3.63, 3.8) is 0 Å². The van der Waals surface area contributed by atoms with Crippen LogP contribution in [0.15, 0.2) is 29.4 Å². The number of aliphatic imine (C=N–C) groups is 1. The Morgan fingerprint density at radius 2 is 2.24 bits per heavy atom. The van der Waals surface area contributed by atoms with Crippen LogP contribution >= 0.6 is 11.8 Å². The molecule has 0 saturated carbocycles. The lowest BCUT2D eigenvalue weighted by atomic mass is 10.4. The number of fused-ring (bicyclic) bond motifs is 1. The summed E-state index contributed by atoms with van der Waals surface area (Å²) in [6.07, 6.45) is 4.88. The van der Waals surface area contributed by atoms with Crippen molar-refractivity contribution in [2.75, 3.05) is 31.6 Å². The van der Waals surface area contributed by atoms with E-state index in [-0.39, 0.29) is 0 Å². The second kappa shape index (κ2) is 8.51. The van der Waals surface area contributed by atoms with Crippen molar-refractivity contribution in [2.24, 2.45) is 4.99 Å². The maximum atomic E-state index is 4.52. The van der Waals surface area contributed by atoms with E-state index in [9.17, 15) is 0 Å². The third-order valence-electron chi connectivity index (χ3n) is 2.93. The summed E-state index contributed by atoms with van der Waals surface area (Å²) in [5.41, 5.74) is 0.882. The van der Waals surface area contributed by atoms with Gasteiger partial charge < -0.3 is 10.6 Å². The van der Waals surface area contributed by atoms with Crippen LogP contribution in [-0.2, 0) is 6.42 Å². The zero-order valence-corrected chi connectivity index (χ0v) is 13.4. The lowest BCUT2D eigenvalue weighted by Gasteiger charge is -2.10.